The van der Waals surface area contributed by atoms with Gasteiger partial charge in [0.05, 0.1) is 11.7 Å². The van der Waals surface area contributed by atoms with Gasteiger partial charge in [-0.05, 0) is 35.4 Å². The van der Waals surface area contributed by atoms with E-state index in [4.69, 9.17) is 0 Å². The van der Waals surface area contributed by atoms with Crippen molar-refractivity contribution in [1.82, 2.24) is 0 Å². The van der Waals surface area contributed by atoms with Gasteiger partial charge in [-0.25, -0.2) is 4.39 Å². The predicted molar refractivity (Wildman–Crippen MR) is 58.2 cm³/mol. The van der Waals surface area contributed by atoms with E-state index in [0.29, 0.717) is 6.07 Å². The van der Waals surface area contributed by atoms with Crippen LogP contribution in [0.15, 0.2) is 18.2 Å². The zero-order valence-corrected chi connectivity index (χ0v) is 10.1. The van der Waals surface area contributed by atoms with Crippen LogP contribution in [-0.2, 0) is 6.18 Å². The second-order valence-electron chi connectivity index (χ2n) is 5.48. The Labute approximate surface area is 102 Å². The van der Waals surface area contributed by atoms with Crippen molar-refractivity contribution in [2.24, 2.45) is 11.3 Å². The maximum absolute atomic E-state index is 13.4. The molecule has 100 valence electrons. The second kappa shape index (κ2) is 3.95. The molecule has 1 aliphatic carbocycles. The Morgan fingerprint density at radius 3 is 2.28 bits per heavy atom. The molecule has 1 aromatic carbocycles. The van der Waals surface area contributed by atoms with Crippen molar-refractivity contribution in [3.05, 3.63) is 35.1 Å². The summed E-state index contributed by atoms with van der Waals surface area (Å²) in [6, 6.07) is 2.61. The largest absolute Gasteiger partial charge is 0.419 e. The van der Waals surface area contributed by atoms with Crippen LogP contribution in [0.5, 0.6) is 0 Å². The summed E-state index contributed by atoms with van der Waals surface area (Å²) in [4.78, 5) is 0. The van der Waals surface area contributed by atoms with E-state index in [1.165, 1.54) is 0 Å². The van der Waals surface area contributed by atoms with Crippen molar-refractivity contribution < 1.29 is 22.7 Å². The molecule has 1 nitrogen and oxygen atoms in total. The minimum atomic E-state index is -4.70. The van der Waals surface area contributed by atoms with Crippen molar-refractivity contribution in [1.29, 1.82) is 0 Å². The van der Waals surface area contributed by atoms with E-state index >= 15 is 0 Å². The molecule has 1 aromatic rings. The van der Waals surface area contributed by atoms with Gasteiger partial charge in [0.25, 0.3) is 0 Å². The average molecular weight is 262 g/mol. The quantitative estimate of drug-likeness (QED) is 0.801. The molecular formula is C13H14F4O. The van der Waals surface area contributed by atoms with Crippen molar-refractivity contribution >= 4 is 0 Å². The first-order valence-corrected chi connectivity index (χ1v) is 5.67. The van der Waals surface area contributed by atoms with E-state index in [0.717, 1.165) is 18.6 Å². The summed E-state index contributed by atoms with van der Waals surface area (Å²) in [7, 11) is 0. The highest BCUT2D eigenvalue weighted by Crippen LogP contribution is 2.57. The van der Waals surface area contributed by atoms with Crippen LogP contribution in [0.25, 0.3) is 0 Å². The maximum atomic E-state index is 13.4. The number of rotatable bonds is 2. The number of benzene rings is 1. The molecule has 0 radical (unpaired) electrons. The van der Waals surface area contributed by atoms with Gasteiger partial charge in [0.2, 0.25) is 0 Å². The van der Waals surface area contributed by atoms with Gasteiger partial charge >= 0.3 is 6.18 Å². The Balaban J connectivity index is 2.25. The van der Waals surface area contributed by atoms with E-state index in [9.17, 15) is 22.7 Å². The van der Waals surface area contributed by atoms with Crippen molar-refractivity contribution in [3.8, 4) is 0 Å². The number of hydrogen-bond acceptors (Lipinski definition) is 1. The van der Waals surface area contributed by atoms with Crippen LogP contribution in [0.4, 0.5) is 17.6 Å². The number of aliphatic hydroxyl groups is 1. The van der Waals surface area contributed by atoms with Crippen LogP contribution in [0, 0.1) is 17.2 Å². The van der Waals surface area contributed by atoms with Gasteiger partial charge in [0.15, 0.2) is 0 Å². The lowest BCUT2D eigenvalue weighted by Crippen LogP contribution is -2.10. The Morgan fingerprint density at radius 1 is 1.33 bits per heavy atom. The van der Waals surface area contributed by atoms with E-state index in [2.05, 4.69) is 0 Å². The smallest absolute Gasteiger partial charge is 0.388 e. The van der Waals surface area contributed by atoms with Gasteiger partial charge in [-0.2, -0.15) is 13.2 Å². The highest BCUT2D eigenvalue weighted by atomic mass is 19.4. The second-order valence-corrected chi connectivity index (χ2v) is 5.48. The molecule has 2 unspecified atom stereocenters. The molecule has 0 spiro atoms. The summed E-state index contributed by atoms with van der Waals surface area (Å²) in [6.45, 7) is 3.92. The molecule has 18 heavy (non-hydrogen) atoms. The minimum absolute atomic E-state index is 0.0198. The molecule has 1 fully saturated rings. The maximum Gasteiger partial charge on any atom is 0.419 e. The van der Waals surface area contributed by atoms with Crippen LogP contribution < -0.4 is 0 Å². The summed E-state index contributed by atoms with van der Waals surface area (Å²) in [6.07, 6.45) is -4.82. The number of halogens is 4. The van der Waals surface area contributed by atoms with Crippen molar-refractivity contribution in [2.45, 2.75) is 32.5 Å². The molecule has 0 aromatic heterocycles. The number of aliphatic hydroxyl groups excluding tert-OH is 1. The molecule has 0 saturated heterocycles. The first-order valence-electron chi connectivity index (χ1n) is 5.67. The van der Waals surface area contributed by atoms with Gasteiger partial charge in [0, 0.05) is 0 Å². The van der Waals surface area contributed by atoms with E-state index < -0.39 is 23.7 Å². The van der Waals surface area contributed by atoms with Crippen molar-refractivity contribution in [2.75, 3.05) is 0 Å². The van der Waals surface area contributed by atoms with Crippen LogP contribution in [0.3, 0.4) is 0 Å². The lowest BCUT2D eigenvalue weighted by atomic mass is 9.98. The van der Waals surface area contributed by atoms with Crippen LogP contribution in [-0.4, -0.2) is 5.11 Å². The minimum Gasteiger partial charge on any atom is -0.388 e. The molecule has 2 rings (SSSR count). The Hall–Kier alpha value is -1.10. The first-order chi connectivity index (χ1) is 8.13. The summed E-state index contributed by atoms with van der Waals surface area (Å²) >= 11 is 0. The SMILES string of the molecule is CC1(C)CC1C(O)c1ccc(C(F)(F)F)c(F)c1. The molecule has 1 N–H and O–H groups in total. The standard InChI is InChI=1S/C13H14F4O/c1-12(2)6-9(12)11(18)7-3-4-8(10(14)5-7)13(15,16)17/h3-5,9,11,18H,6H2,1-2H3. The third-order valence-electron chi connectivity index (χ3n) is 3.61. The monoisotopic (exact) mass is 262 g/mol. The van der Waals surface area contributed by atoms with Crippen LogP contribution in [0.1, 0.15) is 37.5 Å². The van der Waals surface area contributed by atoms with Gasteiger partial charge in [0.1, 0.15) is 5.82 Å². The third kappa shape index (κ3) is 2.36. The Kier molecular flexibility index (Phi) is 2.93. The molecular weight excluding hydrogens is 248 g/mol. The van der Waals surface area contributed by atoms with Gasteiger partial charge < -0.3 is 5.11 Å². The van der Waals surface area contributed by atoms with E-state index in [1.54, 1.807) is 0 Å². The Morgan fingerprint density at radius 2 is 1.89 bits per heavy atom. The normalized spacial score (nSPS) is 23.8. The topological polar surface area (TPSA) is 20.2 Å². The zero-order chi connectivity index (χ0) is 13.7. The third-order valence-corrected chi connectivity index (χ3v) is 3.61. The fraction of sp³-hybridized carbons (Fsp3) is 0.538. The van der Waals surface area contributed by atoms with Gasteiger partial charge in [-0.3, -0.25) is 0 Å². The lowest BCUT2D eigenvalue weighted by Gasteiger charge is -2.15. The fourth-order valence-corrected chi connectivity index (χ4v) is 2.22. The average Bonchev–Trinajstić information content (AvgIpc) is 2.84. The lowest BCUT2D eigenvalue weighted by molar-refractivity contribution is -0.140. The molecule has 0 heterocycles. The summed E-state index contributed by atoms with van der Waals surface area (Å²) < 4.78 is 50.5. The summed E-state index contributed by atoms with van der Waals surface area (Å²) in [5, 5.41) is 9.97. The first kappa shape index (κ1) is 13.3. The van der Waals surface area contributed by atoms with Crippen LogP contribution >= 0.6 is 0 Å². The molecule has 1 saturated carbocycles. The van der Waals surface area contributed by atoms with Gasteiger partial charge in [-0.1, -0.05) is 19.9 Å². The fourth-order valence-electron chi connectivity index (χ4n) is 2.22. The number of hydrogen-bond donors (Lipinski definition) is 1. The predicted octanol–water partition coefficient (Wildman–Crippen LogP) is 3.92. The summed E-state index contributed by atoms with van der Waals surface area (Å²) in [5.41, 5.74) is -1.12. The highest BCUT2D eigenvalue weighted by molar-refractivity contribution is 5.29. The Bertz CT molecular complexity index is 465. The molecule has 0 aliphatic heterocycles. The molecule has 0 bridgehead atoms. The highest BCUT2D eigenvalue weighted by Gasteiger charge is 2.50. The molecule has 0 amide bonds. The van der Waals surface area contributed by atoms with Gasteiger partial charge in [-0.15, -0.1) is 0 Å². The van der Waals surface area contributed by atoms with Crippen LogP contribution in [0.2, 0.25) is 0 Å². The van der Waals surface area contributed by atoms with Crippen molar-refractivity contribution in [3.63, 3.8) is 0 Å². The molecule has 5 heteroatoms. The molecule has 2 atom stereocenters. The van der Waals surface area contributed by atoms with E-state index in [1.807, 2.05) is 13.8 Å². The number of alkyl halides is 3. The molecule has 1 aliphatic rings. The van der Waals surface area contributed by atoms with E-state index in [-0.39, 0.29) is 16.9 Å². The summed E-state index contributed by atoms with van der Waals surface area (Å²) in [5.74, 6) is -1.36. The zero-order valence-electron chi connectivity index (χ0n) is 10.1.